The first-order valence-corrected chi connectivity index (χ1v) is 6.13. The maximum Gasteiger partial charge on any atom is 0.432 e. The summed E-state index contributed by atoms with van der Waals surface area (Å²) in [5, 5.41) is 9.02. The summed E-state index contributed by atoms with van der Waals surface area (Å²) in [6.07, 6.45) is -0.977. The Kier molecular flexibility index (Phi) is 2.58. The van der Waals surface area contributed by atoms with Crippen molar-refractivity contribution in [3.05, 3.63) is 0 Å². The number of nitrogens with zero attached hydrogens (tertiary/aromatic N) is 3. The smallest absolute Gasteiger partial charge is 0.432 e. The van der Waals surface area contributed by atoms with Gasteiger partial charge in [-0.25, -0.2) is 4.79 Å². The van der Waals surface area contributed by atoms with Crippen LogP contribution in [0.2, 0.25) is 0 Å². The number of hydrogen-bond donors (Lipinski definition) is 0. The van der Waals surface area contributed by atoms with Crippen molar-refractivity contribution in [2.45, 2.75) is 44.6 Å². The van der Waals surface area contributed by atoms with Crippen molar-refractivity contribution in [3.63, 3.8) is 0 Å². The van der Waals surface area contributed by atoms with Crippen LogP contribution in [0.25, 0.3) is 0 Å². The summed E-state index contributed by atoms with van der Waals surface area (Å²) in [5.41, 5.74) is 0. The largest absolute Gasteiger partial charge is 0.448 e. The minimum Gasteiger partial charge on any atom is -0.448 e. The van der Waals surface area contributed by atoms with Crippen LogP contribution in [0.4, 0.5) is 4.79 Å². The molecule has 3 aliphatic rings. The second kappa shape index (κ2) is 4.01. The van der Waals surface area contributed by atoms with Crippen molar-refractivity contribution < 1.29 is 19.1 Å². The SMILES string of the molecule is CC(C)COC(=O)N1N=N[C@@H]2[C@@H]1[C@H]1CC(=O)[C@@H]2O1. The van der Waals surface area contributed by atoms with Crippen LogP contribution in [0, 0.1) is 5.92 Å². The van der Waals surface area contributed by atoms with E-state index in [1.165, 1.54) is 5.01 Å². The third-order valence-electron chi connectivity index (χ3n) is 3.37. The van der Waals surface area contributed by atoms with Gasteiger partial charge in [-0.3, -0.25) is 4.79 Å². The number of rotatable bonds is 2. The van der Waals surface area contributed by atoms with E-state index in [9.17, 15) is 9.59 Å². The summed E-state index contributed by atoms with van der Waals surface area (Å²) in [5.74, 6) is 0.319. The van der Waals surface area contributed by atoms with Crippen molar-refractivity contribution >= 4 is 11.9 Å². The van der Waals surface area contributed by atoms with E-state index in [4.69, 9.17) is 9.47 Å². The molecule has 0 spiro atoms. The Hall–Kier alpha value is -1.50. The van der Waals surface area contributed by atoms with E-state index in [0.717, 1.165) is 0 Å². The predicted molar refractivity (Wildman–Crippen MR) is 58.7 cm³/mol. The van der Waals surface area contributed by atoms with Gasteiger partial charge in [-0.15, -0.1) is 0 Å². The molecule has 0 N–H and O–H groups in total. The maximum absolute atomic E-state index is 11.9. The Morgan fingerprint density at radius 2 is 2.39 bits per heavy atom. The van der Waals surface area contributed by atoms with Crippen molar-refractivity contribution in [2.75, 3.05) is 6.61 Å². The molecule has 18 heavy (non-hydrogen) atoms. The lowest BCUT2D eigenvalue weighted by Gasteiger charge is -2.24. The van der Waals surface area contributed by atoms with Crippen molar-refractivity contribution in [1.29, 1.82) is 0 Å². The molecule has 0 aromatic rings. The van der Waals surface area contributed by atoms with Gasteiger partial charge in [-0.2, -0.15) is 10.1 Å². The summed E-state index contributed by atoms with van der Waals surface area (Å²) in [6.45, 7) is 4.26. The first-order chi connectivity index (χ1) is 8.58. The van der Waals surface area contributed by atoms with Crippen LogP contribution in [0.5, 0.6) is 0 Å². The third-order valence-corrected chi connectivity index (χ3v) is 3.37. The zero-order chi connectivity index (χ0) is 12.9. The number of fused-ring (bicyclic) bond motifs is 5. The molecular weight excluding hydrogens is 238 g/mol. The van der Waals surface area contributed by atoms with Crippen molar-refractivity contribution in [3.8, 4) is 0 Å². The highest BCUT2D eigenvalue weighted by Gasteiger charge is 2.60. The van der Waals surface area contributed by atoms with Crippen LogP contribution in [0.1, 0.15) is 20.3 Å². The second-order valence-electron chi connectivity index (χ2n) is 5.27. The number of Topliss-reactive ketones (excluding diaryl/α,β-unsaturated/α-hetero) is 1. The molecule has 7 heteroatoms. The fourth-order valence-corrected chi connectivity index (χ4v) is 2.57. The summed E-state index contributed by atoms with van der Waals surface area (Å²) >= 11 is 0. The van der Waals surface area contributed by atoms with Gasteiger partial charge in [0.1, 0.15) is 18.2 Å². The topological polar surface area (TPSA) is 80.6 Å². The van der Waals surface area contributed by atoms with Gasteiger partial charge >= 0.3 is 6.09 Å². The molecule has 0 radical (unpaired) electrons. The van der Waals surface area contributed by atoms with Gasteiger partial charge in [0.15, 0.2) is 5.78 Å². The summed E-state index contributed by atoms with van der Waals surface area (Å²) in [4.78, 5) is 23.4. The fourth-order valence-electron chi connectivity index (χ4n) is 2.57. The predicted octanol–water partition coefficient (Wildman–Crippen LogP) is 0.939. The molecular formula is C11H15N3O4. The molecule has 2 bridgehead atoms. The van der Waals surface area contributed by atoms with E-state index in [1.54, 1.807) is 0 Å². The third kappa shape index (κ3) is 1.61. The van der Waals surface area contributed by atoms with Crippen LogP contribution in [0.15, 0.2) is 10.3 Å². The Morgan fingerprint density at radius 1 is 1.61 bits per heavy atom. The Balaban J connectivity index is 1.68. The van der Waals surface area contributed by atoms with Gasteiger partial charge in [0, 0.05) is 6.42 Å². The Labute approximate surface area is 104 Å². The molecule has 0 aromatic carbocycles. The number of ether oxygens (including phenoxy) is 2. The van der Waals surface area contributed by atoms with Crippen LogP contribution in [-0.2, 0) is 14.3 Å². The van der Waals surface area contributed by atoms with E-state index in [-0.39, 0.29) is 29.9 Å². The highest BCUT2D eigenvalue weighted by Crippen LogP contribution is 2.40. The molecule has 0 aliphatic carbocycles. The van der Waals surface area contributed by atoms with Gasteiger partial charge in [0.25, 0.3) is 0 Å². The summed E-state index contributed by atoms with van der Waals surface area (Å²) in [6, 6.07) is -0.616. The van der Waals surface area contributed by atoms with Crippen LogP contribution < -0.4 is 0 Å². The molecule has 3 heterocycles. The lowest BCUT2D eigenvalue weighted by molar-refractivity contribution is -0.122. The Morgan fingerprint density at radius 3 is 3.11 bits per heavy atom. The molecule has 4 atom stereocenters. The van der Waals surface area contributed by atoms with Crippen molar-refractivity contribution in [2.24, 2.45) is 16.3 Å². The number of carbonyl (C=O) groups is 2. The minimum atomic E-state index is -0.522. The lowest BCUT2D eigenvalue weighted by atomic mass is 9.90. The first kappa shape index (κ1) is 11.6. The zero-order valence-corrected chi connectivity index (χ0v) is 10.3. The van der Waals surface area contributed by atoms with E-state index in [0.29, 0.717) is 13.0 Å². The molecule has 7 nitrogen and oxygen atoms in total. The number of amides is 1. The Bertz CT molecular complexity index is 423. The molecule has 3 rings (SSSR count). The second-order valence-corrected chi connectivity index (χ2v) is 5.27. The number of hydrogen-bond acceptors (Lipinski definition) is 6. The quantitative estimate of drug-likeness (QED) is 0.733. The molecule has 0 unspecified atom stereocenters. The molecule has 0 aromatic heterocycles. The molecule has 2 fully saturated rings. The highest BCUT2D eigenvalue weighted by molar-refractivity contribution is 5.88. The molecule has 98 valence electrons. The molecule has 2 saturated heterocycles. The fraction of sp³-hybridized carbons (Fsp3) is 0.818. The van der Waals surface area contributed by atoms with E-state index in [2.05, 4.69) is 10.3 Å². The normalized spacial score (nSPS) is 36.6. The average Bonchev–Trinajstić information content (AvgIpc) is 2.95. The lowest BCUT2D eigenvalue weighted by Crippen LogP contribution is -2.48. The first-order valence-electron chi connectivity index (χ1n) is 6.13. The van der Waals surface area contributed by atoms with E-state index in [1.807, 2.05) is 13.8 Å². The van der Waals surface area contributed by atoms with Crippen molar-refractivity contribution in [1.82, 2.24) is 5.01 Å². The van der Waals surface area contributed by atoms with Gasteiger partial charge in [-0.05, 0) is 5.92 Å². The standard InChI is InChI=1S/C11H15N3O4/c1-5(2)4-17-11(16)14-9-7-3-6(15)10(18-7)8(9)12-13-14/h5,7-10H,3-4H2,1-2H3/t7-,8-,9+,10+/m1/s1. The van der Waals surface area contributed by atoms with Gasteiger partial charge in [0.2, 0.25) is 0 Å². The van der Waals surface area contributed by atoms with E-state index < -0.39 is 12.2 Å². The van der Waals surface area contributed by atoms with Gasteiger partial charge in [-0.1, -0.05) is 19.1 Å². The average molecular weight is 253 g/mol. The monoisotopic (exact) mass is 253 g/mol. The minimum absolute atomic E-state index is 0.0533. The number of ketones is 1. The highest BCUT2D eigenvalue weighted by atomic mass is 16.6. The summed E-state index contributed by atoms with van der Waals surface area (Å²) < 4.78 is 10.6. The van der Waals surface area contributed by atoms with Gasteiger partial charge < -0.3 is 9.47 Å². The van der Waals surface area contributed by atoms with Crippen LogP contribution in [0.3, 0.4) is 0 Å². The van der Waals surface area contributed by atoms with E-state index >= 15 is 0 Å². The van der Waals surface area contributed by atoms with Gasteiger partial charge in [0.05, 0.1) is 12.7 Å². The molecule has 0 saturated carbocycles. The van der Waals surface area contributed by atoms with Crippen LogP contribution in [-0.4, -0.2) is 47.8 Å². The zero-order valence-electron chi connectivity index (χ0n) is 10.3. The summed E-state index contributed by atoms with van der Waals surface area (Å²) in [7, 11) is 0. The van der Waals surface area contributed by atoms with Crippen LogP contribution >= 0.6 is 0 Å². The maximum atomic E-state index is 11.9. The molecule has 1 amide bonds. The number of carbonyl (C=O) groups excluding carboxylic acids is 2. The molecule has 3 aliphatic heterocycles.